The van der Waals surface area contributed by atoms with E-state index in [0.717, 1.165) is 37.0 Å². The Kier molecular flexibility index (Phi) is 8.38. The van der Waals surface area contributed by atoms with E-state index in [-0.39, 0.29) is 11.5 Å². The summed E-state index contributed by atoms with van der Waals surface area (Å²) in [4.78, 5) is 0. The van der Waals surface area contributed by atoms with Crippen LogP contribution in [0.2, 0.25) is 0 Å². The lowest BCUT2D eigenvalue weighted by molar-refractivity contribution is 0.120. The molecule has 4 heteroatoms. The maximum Gasteiger partial charge on any atom is 0.204 e. The van der Waals surface area contributed by atoms with Crippen LogP contribution in [0.4, 0.5) is 8.78 Å². The zero-order valence-corrected chi connectivity index (χ0v) is 17.8. The molecule has 0 unspecified atom stereocenters. The number of benzene rings is 1. The van der Waals surface area contributed by atoms with Crippen molar-refractivity contribution in [2.24, 2.45) is 23.7 Å². The Morgan fingerprint density at radius 2 is 1.38 bits per heavy atom. The van der Waals surface area contributed by atoms with Crippen LogP contribution in [-0.2, 0) is 0 Å². The first-order valence-corrected chi connectivity index (χ1v) is 11.5. The Hall–Kier alpha value is -1.58. The molecule has 2 saturated carbocycles. The van der Waals surface area contributed by atoms with Crippen molar-refractivity contribution in [2.75, 3.05) is 13.2 Å². The van der Waals surface area contributed by atoms with Crippen molar-refractivity contribution < 1.29 is 18.3 Å². The average molecular weight is 407 g/mol. The largest absolute Gasteiger partial charge is 0.491 e. The Balaban J connectivity index is 1.40. The summed E-state index contributed by atoms with van der Waals surface area (Å²) in [6.45, 7) is 6.35. The van der Waals surface area contributed by atoms with E-state index in [1.807, 2.05) is 6.08 Å². The molecule has 0 heterocycles. The average Bonchev–Trinajstić information content (AvgIpc) is 2.76. The van der Waals surface area contributed by atoms with E-state index < -0.39 is 11.6 Å². The quantitative estimate of drug-likeness (QED) is 0.400. The van der Waals surface area contributed by atoms with Crippen molar-refractivity contribution in [3.8, 4) is 11.5 Å². The minimum Gasteiger partial charge on any atom is -0.491 e. The maximum atomic E-state index is 14.2. The van der Waals surface area contributed by atoms with Crippen molar-refractivity contribution in [1.82, 2.24) is 0 Å². The summed E-state index contributed by atoms with van der Waals surface area (Å²) in [7, 11) is 0. The summed E-state index contributed by atoms with van der Waals surface area (Å²) in [6.07, 6.45) is 14.8. The molecular formula is C25H36F2O2. The fourth-order valence-corrected chi connectivity index (χ4v) is 5.23. The minimum atomic E-state index is -0.961. The molecule has 0 spiro atoms. The monoisotopic (exact) mass is 406 g/mol. The highest BCUT2D eigenvalue weighted by Crippen LogP contribution is 2.42. The van der Waals surface area contributed by atoms with Crippen LogP contribution in [0, 0.1) is 35.3 Å². The Bertz CT molecular complexity index is 644. The highest BCUT2D eigenvalue weighted by atomic mass is 19.2. The fraction of sp³-hybridized carbons (Fsp3) is 0.680. The van der Waals surface area contributed by atoms with E-state index in [2.05, 4.69) is 6.58 Å². The molecule has 0 amide bonds. The molecule has 0 N–H and O–H groups in total. The molecule has 162 valence electrons. The third kappa shape index (κ3) is 5.96. The van der Waals surface area contributed by atoms with Crippen molar-refractivity contribution in [3.05, 3.63) is 36.4 Å². The summed E-state index contributed by atoms with van der Waals surface area (Å²) in [5.74, 6) is 1.08. The molecule has 0 atom stereocenters. The second-order valence-electron chi connectivity index (χ2n) is 8.86. The van der Waals surface area contributed by atoms with Crippen LogP contribution in [0.1, 0.15) is 71.1 Å². The number of ether oxygens (including phenoxy) is 2. The van der Waals surface area contributed by atoms with Gasteiger partial charge in [-0.1, -0.05) is 18.9 Å². The lowest BCUT2D eigenvalue weighted by atomic mass is 9.69. The van der Waals surface area contributed by atoms with Crippen molar-refractivity contribution in [2.45, 2.75) is 71.1 Å². The number of rotatable bonds is 9. The molecule has 2 aliphatic rings. The van der Waals surface area contributed by atoms with Crippen LogP contribution >= 0.6 is 0 Å². The fourth-order valence-electron chi connectivity index (χ4n) is 5.23. The van der Waals surface area contributed by atoms with E-state index in [1.54, 1.807) is 6.92 Å². The summed E-state index contributed by atoms with van der Waals surface area (Å²) < 4.78 is 38.9. The predicted molar refractivity (Wildman–Crippen MR) is 113 cm³/mol. The lowest BCUT2D eigenvalue weighted by Crippen LogP contribution is -2.27. The zero-order chi connectivity index (χ0) is 20.6. The van der Waals surface area contributed by atoms with Gasteiger partial charge in [0.25, 0.3) is 0 Å². The third-order valence-electron chi connectivity index (χ3n) is 7.01. The number of allylic oxidation sites excluding steroid dienone is 1. The number of halogens is 2. The van der Waals surface area contributed by atoms with Crippen LogP contribution in [0.25, 0.3) is 0 Å². The lowest BCUT2D eigenvalue weighted by Gasteiger charge is -2.37. The van der Waals surface area contributed by atoms with Gasteiger partial charge in [0.05, 0.1) is 13.2 Å². The van der Waals surface area contributed by atoms with E-state index in [4.69, 9.17) is 9.47 Å². The van der Waals surface area contributed by atoms with E-state index in [1.165, 1.54) is 57.1 Å². The van der Waals surface area contributed by atoms with Gasteiger partial charge < -0.3 is 9.47 Å². The Morgan fingerprint density at radius 1 is 0.862 bits per heavy atom. The highest BCUT2D eigenvalue weighted by molar-refractivity contribution is 5.35. The molecular weight excluding hydrogens is 370 g/mol. The van der Waals surface area contributed by atoms with Gasteiger partial charge in [-0.25, -0.2) is 0 Å². The standard InChI is InChI=1S/C25H36F2O2/c1-3-5-6-18-7-11-20(12-8-18)21-13-9-19(10-14-21)17-29-23-16-15-22(28-4-2)24(26)25(23)27/h3,15-16,18-21H,1,4-14,17H2,2H3. The highest BCUT2D eigenvalue weighted by Gasteiger charge is 2.31. The minimum absolute atomic E-state index is 0.00840. The Labute approximate surface area is 174 Å². The molecule has 2 fully saturated rings. The van der Waals surface area contributed by atoms with Gasteiger partial charge in [-0.05, 0) is 94.1 Å². The maximum absolute atomic E-state index is 14.2. The van der Waals surface area contributed by atoms with Crippen LogP contribution in [-0.4, -0.2) is 13.2 Å². The van der Waals surface area contributed by atoms with Crippen molar-refractivity contribution in [3.63, 3.8) is 0 Å². The van der Waals surface area contributed by atoms with Crippen LogP contribution in [0.15, 0.2) is 24.8 Å². The number of hydrogen-bond donors (Lipinski definition) is 0. The first-order chi connectivity index (χ1) is 14.1. The second kappa shape index (κ2) is 11.0. The molecule has 2 aliphatic carbocycles. The van der Waals surface area contributed by atoms with Gasteiger partial charge in [0.2, 0.25) is 11.6 Å². The summed E-state index contributed by atoms with van der Waals surface area (Å²) >= 11 is 0. The Morgan fingerprint density at radius 3 is 1.90 bits per heavy atom. The molecule has 29 heavy (non-hydrogen) atoms. The van der Waals surface area contributed by atoms with Crippen LogP contribution < -0.4 is 9.47 Å². The van der Waals surface area contributed by atoms with E-state index in [0.29, 0.717) is 19.1 Å². The normalized spacial score (nSPS) is 27.4. The zero-order valence-electron chi connectivity index (χ0n) is 17.8. The second-order valence-corrected chi connectivity index (χ2v) is 8.86. The van der Waals surface area contributed by atoms with Gasteiger partial charge in [0.15, 0.2) is 11.5 Å². The predicted octanol–water partition coefficient (Wildman–Crippen LogP) is 7.32. The number of hydrogen-bond acceptors (Lipinski definition) is 2. The van der Waals surface area contributed by atoms with Crippen LogP contribution in [0.5, 0.6) is 11.5 Å². The van der Waals surface area contributed by atoms with Crippen molar-refractivity contribution >= 4 is 0 Å². The van der Waals surface area contributed by atoms with Gasteiger partial charge in [0.1, 0.15) is 0 Å². The first-order valence-electron chi connectivity index (χ1n) is 11.5. The molecule has 1 aromatic carbocycles. The molecule has 1 aromatic rings. The summed E-state index contributed by atoms with van der Waals surface area (Å²) in [5.41, 5.74) is 0. The summed E-state index contributed by atoms with van der Waals surface area (Å²) in [5, 5.41) is 0. The molecule has 0 aromatic heterocycles. The van der Waals surface area contributed by atoms with Crippen LogP contribution in [0.3, 0.4) is 0 Å². The molecule has 0 aliphatic heterocycles. The van der Waals surface area contributed by atoms with Gasteiger partial charge in [-0.15, -0.1) is 6.58 Å². The third-order valence-corrected chi connectivity index (χ3v) is 7.01. The van der Waals surface area contributed by atoms with Gasteiger partial charge in [-0.3, -0.25) is 0 Å². The molecule has 2 nitrogen and oxygen atoms in total. The first kappa shape index (κ1) is 22.1. The SMILES string of the molecule is C=CCCC1CCC(C2CCC(COc3ccc(OCC)c(F)c3F)CC2)CC1. The van der Waals surface area contributed by atoms with Gasteiger partial charge in [-0.2, -0.15) is 8.78 Å². The molecule has 0 bridgehead atoms. The smallest absolute Gasteiger partial charge is 0.204 e. The van der Waals surface area contributed by atoms with E-state index in [9.17, 15) is 8.78 Å². The topological polar surface area (TPSA) is 18.5 Å². The molecule has 0 saturated heterocycles. The molecule has 3 rings (SSSR count). The van der Waals surface area contributed by atoms with Crippen molar-refractivity contribution in [1.29, 1.82) is 0 Å². The van der Waals surface area contributed by atoms with Gasteiger partial charge in [0, 0.05) is 0 Å². The van der Waals surface area contributed by atoms with E-state index >= 15 is 0 Å². The molecule has 0 radical (unpaired) electrons. The summed E-state index contributed by atoms with van der Waals surface area (Å²) in [6, 6.07) is 2.92. The van der Waals surface area contributed by atoms with Gasteiger partial charge >= 0.3 is 0 Å².